The third-order valence-corrected chi connectivity index (χ3v) is 7.78. The van der Waals surface area contributed by atoms with E-state index in [-0.39, 0.29) is 90.7 Å². The zero-order valence-corrected chi connectivity index (χ0v) is 39.2. The molecule has 0 amide bonds. The second-order valence-corrected chi connectivity index (χ2v) is 12.9. The number of aromatic carboxylic acids is 6. The van der Waals surface area contributed by atoms with Gasteiger partial charge in [-0.05, 0) is 107 Å². The van der Waals surface area contributed by atoms with Gasteiger partial charge >= 0.3 is 93.1 Å². The fourth-order valence-corrected chi connectivity index (χ4v) is 4.33. The molecule has 0 spiro atoms. The van der Waals surface area contributed by atoms with Crippen molar-refractivity contribution in [2.75, 3.05) is 0 Å². The molecule has 0 aliphatic rings. The van der Waals surface area contributed by atoms with E-state index in [1.54, 1.807) is 0 Å². The molecule has 0 aromatic heterocycles. The quantitative estimate of drug-likeness (QED) is 0.0874. The van der Waals surface area contributed by atoms with Crippen LogP contribution in [0.4, 0.5) is 0 Å². The third-order valence-electron chi connectivity index (χ3n) is 7.78. The summed E-state index contributed by atoms with van der Waals surface area (Å²) in [6, 6.07) is 9.39. The zero-order valence-electron chi connectivity index (χ0n) is 35.8. The Hall–Kier alpha value is -9.60. The Morgan fingerprint density at radius 1 is 0.230 bits per heavy atom. The molecule has 0 atom stereocenters. The van der Waals surface area contributed by atoms with Gasteiger partial charge < -0.3 is 123 Å². The molecule has 0 bridgehead atoms. The van der Waals surface area contributed by atoms with E-state index in [9.17, 15) is 59.4 Å². The van der Waals surface area contributed by atoms with Crippen molar-refractivity contribution in [1.29, 1.82) is 0 Å². The summed E-state index contributed by atoms with van der Waals surface area (Å²) in [5, 5.41) is 220. The first-order valence-electron chi connectivity index (χ1n) is 17.9. The van der Waals surface area contributed by atoms with Gasteiger partial charge in [0.15, 0.2) is 0 Å². The van der Waals surface area contributed by atoms with Crippen LogP contribution >= 0.6 is 0 Å². The molecule has 0 fully saturated rings. The largest absolute Gasteiger partial charge is 3.00 e. The maximum absolute atomic E-state index is 10.7. The summed E-state index contributed by atoms with van der Waals surface area (Å²) in [6.45, 7) is 0. The van der Waals surface area contributed by atoms with Crippen LogP contribution < -0.4 is 30.6 Å². The summed E-state index contributed by atoms with van der Waals surface area (Å²) >= 11 is 0. The predicted molar refractivity (Wildman–Crippen MR) is 223 cm³/mol. The van der Waals surface area contributed by atoms with Crippen molar-refractivity contribution in [1.82, 2.24) is 0 Å². The van der Waals surface area contributed by atoms with E-state index >= 15 is 0 Å². The summed E-state index contributed by atoms with van der Waals surface area (Å²) in [7, 11) is 0. The van der Waals surface area contributed by atoms with Gasteiger partial charge in [0.05, 0.1) is 33.4 Å². The second kappa shape index (κ2) is 28.9. The maximum Gasteiger partial charge on any atom is 3.00 e. The fraction of sp³-hybridized carbons (Fsp3) is 0. The number of carboxylic acid groups (broad SMARTS) is 6. The first-order chi connectivity index (χ1) is 33.1. The number of hydrogen-bond acceptors (Lipinski definition) is 24. The summed E-state index contributed by atoms with van der Waals surface area (Å²) in [5.41, 5.74) is -1.97. The predicted octanol–water partition coefficient (Wildman–Crippen LogP) is -1.16. The average molecular weight is 1200 g/mol. The van der Waals surface area contributed by atoms with Gasteiger partial charge in [-0.3, -0.25) is 0 Å². The molecule has 0 aliphatic carbocycles. The summed E-state index contributed by atoms with van der Waals surface area (Å²) in [5.74, 6) is -23.0. The number of carboxylic acids is 6. The molecule has 6 aromatic rings. The first kappa shape index (κ1) is 66.5. The molecular weight excluding hydrogens is 1170 g/mol. The zero-order chi connectivity index (χ0) is 55.8. The molecule has 389 valence electrons. The second-order valence-electron chi connectivity index (χ2n) is 12.9. The molecule has 6 aromatic carbocycles. The minimum Gasteiger partial charge on any atom is -0.867 e. The Kier molecular flexibility index (Phi) is 26.0. The fourth-order valence-electron chi connectivity index (χ4n) is 4.33. The van der Waals surface area contributed by atoms with E-state index in [0.29, 0.717) is 0 Å². The standard InChI is InChI=1S/6C7H6O5.Al.Gd/c6*8-4-1-3(7(11)12)2-5(9)6(4)10;;/h6*1-2,8-10H,(H,11,12);;/q;;;;;;2*+3/p-6. The van der Waals surface area contributed by atoms with Crippen LogP contribution in [-0.2, 0) is 0 Å². The van der Waals surface area contributed by atoms with Gasteiger partial charge in [0.25, 0.3) is 0 Å². The van der Waals surface area contributed by atoms with Gasteiger partial charge in [0.2, 0.25) is 0 Å². The van der Waals surface area contributed by atoms with E-state index in [1.165, 1.54) is 0 Å². The number of rotatable bonds is 6. The summed E-state index contributed by atoms with van der Waals surface area (Å²) in [4.78, 5) is 61.8. The number of phenolic OH excluding ortho intramolecular Hbond substituents is 12. The van der Waals surface area contributed by atoms with Crippen LogP contribution in [0.2, 0.25) is 0 Å². The first-order valence-corrected chi connectivity index (χ1v) is 17.9. The van der Waals surface area contributed by atoms with E-state index in [1.807, 2.05) is 0 Å². The normalized spacial score (nSPS) is 9.41. The molecule has 74 heavy (non-hydrogen) atoms. The smallest absolute Gasteiger partial charge is 0.867 e. The van der Waals surface area contributed by atoms with Crippen LogP contribution in [0.25, 0.3) is 0 Å². The SMILES string of the molecule is O=C(O)c1cc(O)c([O-])c(O)c1.O=C(O)c1cc(O)c([O-])c(O)c1.O=C(O)c1cc(O)c([O-])c(O)c1.O=C(O)c1cc(O)c([O-])c(O)c1.O=C(O)c1cc(O)c([O-])c(O)c1.O=C(O)c1cc(O)c([O-])c(O)c1.[Al+3].[Gd+3]. The molecule has 18 N–H and O–H groups in total. The van der Waals surface area contributed by atoms with E-state index in [2.05, 4.69) is 0 Å². The number of hydrogen-bond donors (Lipinski definition) is 18. The monoisotopic (exact) mass is 1200 g/mol. The van der Waals surface area contributed by atoms with Gasteiger partial charge in [-0.2, -0.15) is 0 Å². The summed E-state index contributed by atoms with van der Waals surface area (Å²) in [6.07, 6.45) is 0. The average Bonchev–Trinajstić information content (AvgIpc) is 3.29. The molecule has 1 radical (unpaired) electrons. The molecule has 6 rings (SSSR count). The van der Waals surface area contributed by atoms with Gasteiger partial charge in [-0.25, -0.2) is 28.8 Å². The van der Waals surface area contributed by atoms with Crippen LogP contribution in [0, 0.1) is 39.9 Å². The van der Waals surface area contributed by atoms with Gasteiger partial charge in [-0.15, -0.1) is 0 Å². The van der Waals surface area contributed by atoms with Crippen molar-refractivity contribution in [3.63, 3.8) is 0 Å². The topological polar surface area (TPSA) is 605 Å². The molecule has 32 heteroatoms. The van der Waals surface area contributed by atoms with Crippen molar-refractivity contribution in [2.45, 2.75) is 0 Å². The van der Waals surface area contributed by atoms with Crippen LogP contribution in [-0.4, -0.2) is 145 Å². The van der Waals surface area contributed by atoms with Crippen LogP contribution in [0.15, 0.2) is 72.8 Å². The molecule has 0 saturated heterocycles. The summed E-state index contributed by atoms with van der Waals surface area (Å²) < 4.78 is 0. The van der Waals surface area contributed by atoms with Gasteiger partial charge in [0.1, 0.15) is 69.0 Å². The number of benzene rings is 6. The van der Waals surface area contributed by atoms with Crippen LogP contribution in [0.1, 0.15) is 62.1 Å². The van der Waals surface area contributed by atoms with E-state index in [0.717, 1.165) is 72.8 Å². The van der Waals surface area contributed by atoms with E-state index in [4.69, 9.17) is 91.9 Å². The van der Waals surface area contributed by atoms with Gasteiger partial charge in [-0.1, -0.05) is 0 Å². The Morgan fingerprint density at radius 2 is 0.297 bits per heavy atom. The van der Waals surface area contributed by atoms with Crippen molar-refractivity contribution in [3.05, 3.63) is 106 Å². The van der Waals surface area contributed by atoms with Crippen molar-refractivity contribution in [3.8, 4) is 103 Å². The molecule has 0 aliphatic heterocycles. The molecule has 30 nitrogen and oxygen atoms in total. The minimum atomic E-state index is -1.32. The maximum atomic E-state index is 10.7. The number of phenols is 12. The third kappa shape index (κ3) is 19.3. The minimum absolute atomic E-state index is 0. The molecule has 0 unspecified atom stereocenters. The Labute approximate surface area is 451 Å². The Bertz CT molecular complexity index is 2380. The van der Waals surface area contributed by atoms with E-state index < -0.39 is 139 Å². The van der Waals surface area contributed by atoms with Crippen LogP contribution in [0.5, 0.6) is 103 Å². The van der Waals surface area contributed by atoms with Crippen molar-refractivity contribution < 1.29 is 191 Å². The van der Waals surface area contributed by atoms with Crippen LogP contribution in [0.3, 0.4) is 0 Å². The van der Waals surface area contributed by atoms with Crippen molar-refractivity contribution >= 4 is 53.2 Å². The Morgan fingerprint density at radius 3 is 0.351 bits per heavy atom. The number of carbonyl (C=O) groups is 6. The van der Waals surface area contributed by atoms with Crippen molar-refractivity contribution in [2.24, 2.45) is 0 Å². The molecular formula is C42H30AlGdO30. The molecule has 0 saturated carbocycles. The molecule has 0 heterocycles. The number of aromatic hydroxyl groups is 12. The van der Waals surface area contributed by atoms with Gasteiger partial charge in [0, 0.05) is 0 Å². The Balaban J connectivity index is 0.